The molecule has 0 spiro atoms. The Morgan fingerprint density at radius 1 is 1.14 bits per heavy atom. The number of hydrogen-bond donors (Lipinski definition) is 1. The summed E-state index contributed by atoms with van der Waals surface area (Å²) < 4.78 is 27.2. The van der Waals surface area contributed by atoms with Gasteiger partial charge in [-0.3, -0.25) is 9.80 Å². The maximum atomic E-state index is 15.3. The molecule has 2 aliphatic rings. The summed E-state index contributed by atoms with van der Waals surface area (Å²) >= 11 is 0. The summed E-state index contributed by atoms with van der Waals surface area (Å²) in [6, 6.07) is 8.82. The van der Waals surface area contributed by atoms with Crippen LogP contribution in [0.3, 0.4) is 0 Å². The number of amides is 1. The number of nitrogens with one attached hydrogen (secondary N) is 1. The molecule has 0 unspecified atom stereocenters. The quantitative estimate of drug-likeness (QED) is 0.113. The van der Waals surface area contributed by atoms with E-state index in [1.54, 1.807) is 55.0 Å². The second-order valence-electron chi connectivity index (χ2n) is 11.9. The van der Waals surface area contributed by atoms with Crippen LogP contribution in [0.4, 0.5) is 15.8 Å². The highest BCUT2D eigenvalue weighted by Crippen LogP contribution is 2.36. The molecule has 51 heavy (non-hydrogen) atoms. The van der Waals surface area contributed by atoms with Crippen molar-refractivity contribution >= 4 is 29.3 Å². The van der Waals surface area contributed by atoms with Gasteiger partial charge in [-0.05, 0) is 70.3 Å². The number of piperazine rings is 1. The van der Waals surface area contributed by atoms with Crippen LogP contribution in [0.15, 0.2) is 89.0 Å². The third-order valence-electron chi connectivity index (χ3n) is 7.77. The second kappa shape index (κ2) is 21.0. The molecule has 2 heterocycles. The van der Waals surface area contributed by atoms with Crippen LogP contribution in [0.5, 0.6) is 11.5 Å². The van der Waals surface area contributed by atoms with Crippen molar-refractivity contribution in [2.24, 2.45) is 10.1 Å². The van der Waals surface area contributed by atoms with E-state index in [0.717, 1.165) is 36.2 Å². The van der Waals surface area contributed by atoms with E-state index in [2.05, 4.69) is 21.2 Å². The van der Waals surface area contributed by atoms with Crippen molar-refractivity contribution in [2.75, 3.05) is 70.7 Å². The SMILES string of the molecule is C#CCC.C/C=N\N1C=CC(Oc2ccc(NC(=N/C=C/CC)c3c(C)ccc(N4CCN(C(=O)/C=C/CN(C)C)CC4)c3OC)cc2F)=CC1. The van der Waals surface area contributed by atoms with E-state index in [0.29, 0.717) is 55.8 Å². The molecule has 0 bridgehead atoms. The summed E-state index contributed by atoms with van der Waals surface area (Å²) in [6.07, 6.45) is 20.7. The average molecular weight is 698 g/mol. The van der Waals surface area contributed by atoms with Crippen LogP contribution in [0.1, 0.15) is 44.7 Å². The molecule has 0 saturated carbocycles. The van der Waals surface area contributed by atoms with E-state index >= 15 is 4.39 Å². The third-order valence-corrected chi connectivity index (χ3v) is 7.77. The first kappa shape index (κ1) is 40.1. The lowest BCUT2D eigenvalue weighted by atomic mass is 10.0. The lowest BCUT2D eigenvalue weighted by Crippen LogP contribution is -2.48. The van der Waals surface area contributed by atoms with Crippen LogP contribution < -0.4 is 19.7 Å². The normalized spacial score (nSPS) is 14.9. The number of terminal acetylenes is 1. The highest BCUT2D eigenvalue weighted by atomic mass is 19.1. The van der Waals surface area contributed by atoms with Gasteiger partial charge in [0.25, 0.3) is 0 Å². The van der Waals surface area contributed by atoms with Gasteiger partial charge in [0.1, 0.15) is 11.6 Å². The van der Waals surface area contributed by atoms with Crippen LogP contribution in [0.25, 0.3) is 0 Å². The zero-order valence-electron chi connectivity index (χ0n) is 31.0. The molecular weight excluding hydrogens is 645 g/mol. The summed E-state index contributed by atoms with van der Waals surface area (Å²) in [6.45, 7) is 11.6. The smallest absolute Gasteiger partial charge is 0.246 e. The minimum absolute atomic E-state index is 0.0216. The van der Waals surface area contributed by atoms with Gasteiger partial charge in [-0.2, -0.15) is 5.10 Å². The molecule has 2 aromatic carbocycles. The number of benzene rings is 2. The Bertz CT molecular complexity index is 1680. The Labute approximate surface area is 303 Å². The molecule has 0 aliphatic carbocycles. The number of carbonyl (C=O) groups excluding carboxylic acids is 1. The number of carbonyl (C=O) groups is 1. The number of hydrogen-bond acceptors (Lipinski definition) is 8. The number of aryl methyl sites for hydroxylation is 1. The van der Waals surface area contributed by atoms with E-state index in [1.807, 2.05) is 82.0 Å². The first-order valence-electron chi connectivity index (χ1n) is 17.2. The van der Waals surface area contributed by atoms with Crippen molar-refractivity contribution in [1.82, 2.24) is 14.8 Å². The number of methoxy groups -OCH3 is 1. The molecule has 11 heteroatoms. The van der Waals surface area contributed by atoms with Gasteiger partial charge in [0, 0.05) is 75.6 Å². The van der Waals surface area contributed by atoms with Crippen molar-refractivity contribution in [1.29, 1.82) is 0 Å². The van der Waals surface area contributed by atoms with Gasteiger partial charge in [-0.1, -0.05) is 32.1 Å². The minimum Gasteiger partial charge on any atom is -0.494 e. The number of anilines is 2. The summed E-state index contributed by atoms with van der Waals surface area (Å²) in [7, 11) is 5.58. The molecule has 10 nitrogen and oxygen atoms in total. The molecule has 272 valence electrons. The average Bonchev–Trinajstić information content (AvgIpc) is 3.13. The van der Waals surface area contributed by atoms with Crippen LogP contribution in [-0.2, 0) is 4.79 Å². The van der Waals surface area contributed by atoms with Gasteiger partial charge >= 0.3 is 0 Å². The van der Waals surface area contributed by atoms with Gasteiger partial charge < -0.3 is 29.5 Å². The third kappa shape index (κ3) is 12.2. The number of ether oxygens (including phenoxy) is 2. The highest BCUT2D eigenvalue weighted by molar-refractivity contribution is 6.12. The molecule has 1 N–H and O–H groups in total. The number of aliphatic imine (C=N–C) groups is 1. The van der Waals surface area contributed by atoms with Crippen LogP contribution in [0.2, 0.25) is 0 Å². The molecule has 0 atom stereocenters. The molecule has 2 aliphatic heterocycles. The van der Waals surface area contributed by atoms with E-state index in [4.69, 9.17) is 20.9 Å². The highest BCUT2D eigenvalue weighted by Gasteiger charge is 2.25. The predicted octanol–water partition coefficient (Wildman–Crippen LogP) is 6.82. The summed E-state index contributed by atoms with van der Waals surface area (Å²) in [5.41, 5.74) is 3.13. The number of halogens is 1. The number of hydrazone groups is 1. The largest absolute Gasteiger partial charge is 0.494 e. The molecule has 4 rings (SSSR count). The lowest BCUT2D eigenvalue weighted by molar-refractivity contribution is -0.126. The van der Waals surface area contributed by atoms with Crippen LogP contribution in [0, 0.1) is 25.1 Å². The molecule has 1 amide bonds. The fourth-order valence-corrected chi connectivity index (χ4v) is 5.16. The van der Waals surface area contributed by atoms with Gasteiger partial charge in [-0.25, -0.2) is 9.38 Å². The Morgan fingerprint density at radius 3 is 2.47 bits per heavy atom. The number of nitrogens with zero attached hydrogens (tertiary/aromatic N) is 6. The summed E-state index contributed by atoms with van der Waals surface area (Å²) in [4.78, 5) is 23.6. The molecule has 1 fully saturated rings. The maximum Gasteiger partial charge on any atom is 0.246 e. The van der Waals surface area contributed by atoms with E-state index in [1.165, 1.54) is 6.07 Å². The van der Waals surface area contributed by atoms with E-state index in [-0.39, 0.29) is 11.7 Å². The van der Waals surface area contributed by atoms with Crippen molar-refractivity contribution in [3.05, 3.63) is 95.8 Å². The zero-order valence-corrected chi connectivity index (χ0v) is 31.0. The molecule has 1 saturated heterocycles. The first-order valence-corrected chi connectivity index (χ1v) is 17.2. The second-order valence-corrected chi connectivity index (χ2v) is 11.9. The Kier molecular flexibility index (Phi) is 16.5. The van der Waals surface area contributed by atoms with Crippen molar-refractivity contribution in [3.63, 3.8) is 0 Å². The van der Waals surface area contributed by atoms with E-state index < -0.39 is 5.82 Å². The predicted molar refractivity (Wildman–Crippen MR) is 208 cm³/mol. The molecule has 2 aromatic rings. The topological polar surface area (TPSA) is 85.2 Å². The van der Waals surface area contributed by atoms with Gasteiger partial charge in [-0.15, -0.1) is 12.3 Å². The minimum atomic E-state index is -0.511. The monoisotopic (exact) mass is 697 g/mol. The van der Waals surface area contributed by atoms with Gasteiger partial charge in [0.2, 0.25) is 5.91 Å². The van der Waals surface area contributed by atoms with Crippen molar-refractivity contribution < 1.29 is 18.7 Å². The fourth-order valence-electron chi connectivity index (χ4n) is 5.16. The van der Waals surface area contributed by atoms with Crippen molar-refractivity contribution in [3.8, 4) is 23.8 Å². The molecule has 0 radical (unpaired) electrons. The van der Waals surface area contributed by atoms with Gasteiger partial charge in [0.05, 0.1) is 24.9 Å². The molecular formula is C40H52FN7O3. The number of allylic oxidation sites excluding steroid dienone is 2. The number of amidine groups is 1. The lowest BCUT2D eigenvalue weighted by Gasteiger charge is -2.36. The Hall–Kier alpha value is -5.34. The Balaban J connectivity index is 0.00000166. The Morgan fingerprint density at radius 2 is 1.88 bits per heavy atom. The number of rotatable bonds is 12. The molecule has 0 aromatic heterocycles. The van der Waals surface area contributed by atoms with Crippen molar-refractivity contribution in [2.45, 2.75) is 40.5 Å². The van der Waals surface area contributed by atoms with Gasteiger partial charge in [0.15, 0.2) is 17.3 Å². The van der Waals surface area contributed by atoms with E-state index in [9.17, 15) is 4.79 Å². The zero-order chi connectivity index (χ0) is 37.2. The summed E-state index contributed by atoms with van der Waals surface area (Å²) in [5.74, 6) is 3.78. The first-order chi connectivity index (χ1) is 24.6. The van der Waals surface area contributed by atoms with Crippen LogP contribution >= 0.6 is 0 Å². The maximum absolute atomic E-state index is 15.3. The summed E-state index contributed by atoms with van der Waals surface area (Å²) in [5, 5.41) is 9.28. The van der Waals surface area contributed by atoms with Crippen LogP contribution in [-0.4, -0.2) is 93.2 Å². The number of likely N-dealkylation sites (N-methyl/N-ethyl adjacent to an activating group) is 1. The standard InChI is InChI=1S/C36H46FN7O3.C4H6/c1-7-9-18-38-36(40-28-13-15-32(30(37)26-28)47-29-16-20-44(21-17-29)39-8-2)34-27(3)12-14-31(35(34)46-6)42-22-24-43(25-23-42)33(45)11-10-19-41(4)5;1-3-4-2/h8-18,20,26H,7,19,21-25H2,1-6H3,(H,38,40);1H,4H2,2H3/b11-10+,18-9+,39-8-;. The fraction of sp³-hybridized carbons (Fsp3) is 0.375.